The van der Waals surface area contributed by atoms with Crippen molar-refractivity contribution >= 4 is 34.8 Å². The summed E-state index contributed by atoms with van der Waals surface area (Å²) in [5.74, 6) is -0.748. The Morgan fingerprint density at radius 2 is 1.92 bits per heavy atom. The first-order valence-electron chi connectivity index (χ1n) is 12.5. The van der Waals surface area contributed by atoms with E-state index in [0.29, 0.717) is 36.3 Å². The van der Waals surface area contributed by atoms with Crippen LogP contribution in [0.2, 0.25) is 0 Å². The number of methoxy groups -OCH3 is 1. The Labute approximate surface area is 221 Å². The molecule has 11 nitrogen and oxygen atoms in total. The van der Waals surface area contributed by atoms with E-state index in [-0.39, 0.29) is 29.7 Å². The Balaban J connectivity index is 1.58. The monoisotopic (exact) mass is 527 g/mol. The van der Waals surface area contributed by atoms with Crippen LogP contribution in [0.1, 0.15) is 19.8 Å². The molecule has 2 aromatic rings. The van der Waals surface area contributed by atoms with Crippen molar-refractivity contribution in [2.45, 2.75) is 31.9 Å². The average molecular weight is 528 g/mol. The van der Waals surface area contributed by atoms with E-state index >= 15 is 0 Å². The number of benzene rings is 1. The quantitative estimate of drug-likeness (QED) is 0.475. The lowest BCUT2D eigenvalue weighted by molar-refractivity contribution is -0.137. The lowest BCUT2D eigenvalue weighted by atomic mass is 10.0. The van der Waals surface area contributed by atoms with E-state index in [1.807, 2.05) is 6.07 Å². The van der Waals surface area contributed by atoms with Crippen molar-refractivity contribution in [2.75, 3.05) is 62.9 Å². The summed E-state index contributed by atoms with van der Waals surface area (Å²) in [5, 5.41) is 5.93. The van der Waals surface area contributed by atoms with Crippen LogP contribution in [-0.4, -0.2) is 91.1 Å². The second kappa shape index (κ2) is 11.6. The first kappa shape index (κ1) is 27.1. The minimum absolute atomic E-state index is 0.0627. The maximum atomic E-state index is 14.4. The van der Waals surface area contributed by atoms with Crippen molar-refractivity contribution in [1.82, 2.24) is 19.8 Å². The number of carbonyl (C=O) groups excluding carboxylic acids is 2. The zero-order valence-electron chi connectivity index (χ0n) is 22.2. The van der Waals surface area contributed by atoms with Gasteiger partial charge in [0.15, 0.2) is 0 Å². The topological polar surface area (TPSA) is 112 Å². The molecule has 0 aliphatic carbocycles. The van der Waals surface area contributed by atoms with Gasteiger partial charge in [-0.25, -0.2) is 4.98 Å². The molecule has 1 aromatic heterocycles. The van der Waals surface area contributed by atoms with Gasteiger partial charge < -0.3 is 34.8 Å². The van der Waals surface area contributed by atoms with Crippen LogP contribution in [0.3, 0.4) is 0 Å². The number of piperidine rings is 1. The fourth-order valence-electron chi connectivity index (χ4n) is 4.55. The van der Waals surface area contributed by atoms with Gasteiger partial charge in [-0.1, -0.05) is 6.58 Å². The number of halogens is 1. The highest BCUT2D eigenvalue weighted by Crippen LogP contribution is 2.39. The summed E-state index contributed by atoms with van der Waals surface area (Å²) in [6.45, 7) is 7.41. The van der Waals surface area contributed by atoms with Gasteiger partial charge in [-0.2, -0.15) is 9.37 Å². The highest BCUT2D eigenvalue weighted by molar-refractivity contribution is 6.02. The number of hydrogen-bond acceptors (Lipinski definition) is 9. The number of rotatable bonds is 9. The first-order chi connectivity index (χ1) is 18.2. The van der Waals surface area contributed by atoms with E-state index < -0.39 is 5.82 Å². The third-order valence-corrected chi connectivity index (χ3v) is 6.83. The van der Waals surface area contributed by atoms with Crippen LogP contribution in [-0.2, 0) is 9.59 Å². The molecule has 204 valence electrons. The van der Waals surface area contributed by atoms with Crippen LogP contribution < -0.4 is 25.0 Å². The minimum Gasteiger partial charge on any atom is -0.494 e. The van der Waals surface area contributed by atoms with Crippen molar-refractivity contribution in [3.8, 4) is 11.6 Å². The van der Waals surface area contributed by atoms with Gasteiger partial charge >= 0.3 is 0 Å². The summed E-state index contributed by atoms with van der Waals surface area (Å²) >= 11 is 0. The van der Waals surface area contributed by atoms with Crippen molar-refractivity contribution in [3.63, 3.8) is 0 Å². The number of aromatic nitrogens is 2. The number of carbonyl (C=O) groups is 2. The number of anilines is 4. The Bertz CT molecular complexity index is 1190. The first-order valence-corrected chi connectivity index (χ1v) is 12.5. The van der Waals surface area contributed by atoms with Crippen molar-refractivity contribution < 1.29 is 23.5 Å². The number of likely N-dealkylation sites (tertiary alicyclic amines) is 1. The molecule has 3 heterocycles. The lowest BCUT2D eigenvalue weighted by Gasteiger charge is -2.38. The predicted molar refractivity (Wildman–Crippen MR) is 143 cm³/mol. The number of amides is 2. The molecular weight excluding hydrogens is 493 g/mol. The summed E-state index contributed by atoms with van der Waals surface area (Å²) in [6, 6.07) is 4.08. The average Bonchev–Trinajstić information content (AvgIpc) is 2.87. The van der Waals surface area contributed by atoms with Crippen LogP contribution in [0.25, 0.3) is 0 Å². The predicted octanol–water partition coefficient (Wildman–Crippen LogP) is 2.63. The standard InChI is InChI=1S/C26H34FN7O4/c1-6-24(36)29-20-11-21(23(37-5)12-22(20)33-9-7-17(8-10-33)32(3)4)30-26-28-13-19(27)25(31-26)38-18-14-34(15-18)16(2)35/h6,11-13,17-18H,1,7-10,14-15H2,2-5H3,(H,29,36)(H,28,30,31). The number of hydrogen-bond donors (Lipinski definition) is 2. The molecule has 4 rings (SSSR count). The van der Waals surface area contributed by atoms with Crippen molar-refractivity contribution in [1.29, 1.82) is 0 Å². The highest BCUT2D eigenvalue weighted by atomic mass is 19.1. The van der Waals surface area contributed by atoms with Gasteiger partial charge in [-0.05, 0) is 39.1 Å². The summed E-state index contributed by atoms with van der Waals surface area (Å²) in [4.78, 5) is 37.9. The summed E-state index contributed by atoms with van der Waals surface area (Å²) in [7, 11) is 5.71. The van der Waals surface area contributed by atoms with Crippen LogP contribution in [0.15, 0.2) is 31.0 Å². The lowest BCUT2D eigenvalue weighted by Crippen LogP contribution is -2.55. The normalized spacial score (nSPS) is 16.2. The molecule has 38 heavy (non-hydrogen) atoms. The second-order valence-corrected chi connectivity index (χ2v) is 9.58. The molecule has 0 atom stereocenters. The molecule has 2 fully saturated rings. The van der Waals surface area contributed by atoms with Gasteiger partial charge in [0.25, 0.3) is 5.88 Å². The van der Waals surface area contributed by atoms with Crippen LogP contribution in [0.5, 0.6) is 11.6 Å². The Morgan fingerprint density at radius 3 is 2.53 bits per heavy atom. The molecule has 1 aromatic carbocycles. The van der Waals surface area contributed by atoms with Crippen LogP contribution >= 0.6 is 0 Å². The number of nitrogens with one attached hydrogen (secondary N) is 2. The number of ether oxygens (including phenoxy) is 2. The summed E-state index contributed by atoms with van der Waals surface area (Å²) < 4.78 is 25.7. The van der Waals surface area contributed by atoms with Crippen LogP contribution in [0, 0.1) is 5.82 Å². The Hall–Kier alpha value is -3.93. The van der Waals surface area contributed by atoms with Crippen molar-refractivity contribution in [2.24, 2.45) is 0 Å². The van der Waals surface area contributed by atoms with E-state index in [4.69, 9.17) is 9.47 Å². The molecule has 0 radical (unpaired) electrons. The maximum Gasteiger partial charge on any atom is 0.255 e. The van der Waals surface area contributed by atoms with E-state index in [0.717, 1.165) is 37.8 Å². The van der Waals surface area contributed by atoms with Gasteiger partial charge in [0.1, 0.15) is 11.9 Å². The second-order valence-electron chi connectivity index (χ2n) is 9.58. The molecule has 0 unspecified atom stereocenters. The van der Waals surface area contributed by atoms with Crippen LogP contribution in [0.4, 0.5) is 27.4 Å². The molecule has 2 aliphatic heterocycles. The molecular formula is C26H34FN7O4. The van der Waals surface area contributed by atoms with E-state index in [1.54, 1.807) is 18.1 Å². The van der Waals surface area contributed by atoms with E-state index in [9.17, 15) is 14.0 Å². The summed E-state index contributed by atoms with van der Waals surface area (Å²) in [6.07, 6.45) is 3.85. The third kappa shape index (κ3) is 6.13. The molecule has 2 aliphatic rings. The third-order valence-electron chi connectivity index (χ3n) is 6.83. The largest absolute Gasteiger partial charge is 0.494 e. The van der Waals surface area contributed by atoms with E-state index in [1.165, 1.54) is 13.0 Å². The fourth-order valence-corrected chi connectivity index (χ4v) is 4.55. The molecule has 2 N–H and O–H groups in total. The van der Waals surface area contributed by atoms with Gasteiger partial charge in [0, 0.05) is 32.1 Å². The van der Waals surface area contributed by atoms with E-state index in [2.05, 4.69) is 51.1 Å². The summed E-state index contributed by atoms with van der Waals surface area (Å²) in [5.41, 5.74) is 1.87. The SMILES string of the molecule is C=CC(=O)Nc1cc(Nc2ncc(F)c(OC3CN(C(C)=O)C3)n2)c(OC)cc1N1CCC(N(C)C)CC1. The smallest absolute Gasteiger partial charge is 0.255 e. The minimum atomic E-state index is -0.709. The Kier molecular flexibility index (Phi) is 8.30. The fraction of sp³-hybridized carbons (Fsp3) is 0.462. The van der Waals surface area contributed by atoms with Gasteiger partial charge in [-0.3, -0.25) is 9.59 Å². The van der Waals surface area contributed by atoms with Gasteiger partial charge in [-0.15, -0.1) is 0 Å². The Morgan fingerprint density at radius 1 is 1.21 bits per heavy atom. The molecule has 2 amide bonds. The zero-order chi connectivity index (χ0) is 27.4. The molecule has 2 saturated heterocycles. The van der Waals surface area contributed by atoms with Gasteiger partial charge in [0.05, 0.1) is 43.5 Å². The molecule has 0 bridgehead atoms. The van der Waals surface area contributed by atoms with Gasteiger partial charge in [0.2, 0.25) is 23.6 Å². The maximum absolute atomic E-state index is 14.4. The van der Waals surface area contributed by atoms with Crippen molar-refractivity contribution in [3.05, 3.63) is 36.8 Å². The molecule has 0 saturated carbocycles. The zero-order valence-corrected chi connectivity index (χ0v) is 22.2. The molecule has 12 heteroatoms. The highest BCUT2D eigenvalue weighted by Gasteiger charge is 2.31. The molecule has 0 spiro atoms. The number of nitrogens with zero attached hydrogens (tertiary/aromatic N) is 5.